The minimum atomic E-state index is -5.04. The summed E-state index contributed by atoms with van der Waals surface area (Å²) in [7, 11) is 1.36. The quantitative estimate of drug-likeness (QED) is 0.160. The number of nitrogens with zero attached hydrogens (tertiary/aromatic N) is 2. The summed E-state index contributed by atoms with van der Waals surface area (Å²) < 4.78 is 74.2. The van der Waals surface area contributed by atoms with E-state index in [1.807, 2.05) is 0 Å². The third kappa shape index (κ3) is 6.63. The van der Waals surface area contributed by atoms with Crippen molar-refractivity contribution in [3.8, 4) is 11.5 Å². The first kappa shape index (κ1) is 32.3. The van der Waals surface area contributed by atoms with Gasteiger partial charge >= 0.3 is 12.1 Å². The van der Waals surface area contributed by atoms with E-state index in [0.717, 1.165) is 4.57 Å². The van der Waals surface area contributed by atoms with Gasteiger partial charge in [-0.05, 0) is 54.5 Å². The number of benzene rings is 3. The molecule has 2 heterocycles. The predicted octanol–water partition coefficient (Wildman–Crippen LogP) is 6.37. The van der Waals surface area contributed by atoms with Gasteiger partial charge in [0.2, 0.25) is 0 Å². The molecule has 0 N–H and O–H groups in total. The van der Waals surface area contributed by atoms with Crippen molar-refractivity contribution in [2.24, 2.45) is 4.99 Å². The summed E-state index contributed by atoms with van der Waals surface area (Å²) in [5, 5.41) is 0.378. The van der Waals surface area contributed by atoms with Gasteiger partial charge in [-0.2, -0.15) is 13.2 Å². The number of esters is 1. The molecule has 0 bridgehead atoms. The number of halogens is 6. The molecular formula is C31H22Cl2F4N2O5S. The van der Waals surface area contributed by atoms with Crippen LogP contribution in [0.2, 0.25) is 10.0 Å². The van der Waals surface area contributed by atoms with Gasteiger partial charge in [0, 0.05) is 10.6 Å². The predicted molar refractivity (Wildman–Crippen MR) is 161 cm³/mol. The van der Waals surface area contributed by atoms with E-state index in [4.69, 9.17) is 37.4 Å². The molecule has 14 heteroatoms. The van der Waals surface area contributed by atoms with Crippen LogP contribution in [0.25, 0.3) is 6.08 Å². The van der Waals surface area contributed by atoms with Gasteiger partial charge in [0.15, 0.2) is 22.0 Å². The number of carbonyl (C=O) groups excluding carboxylic acids is 1. The van der Waals surface area contributed by atoms with E-state index in [1.54, 1.807) is 18.2 Å². The average Bonchev–Trinajstić information content (AvgIpc) is 3.30. The van der Waals surface area contributed by atoms with Crippen molar-refractivity contribution >= 4 is 46.6 Å². The SMILES string of the molecule is CCOC(=O)C1=C(C(F)(F)F)N=c2s/c(=C\c3cc(Cl)c(OCc4ccccc4F)c(OC)c3)c(=O)n2[C@H]1c1ccc(Cl)cc1. The summed E-state index contributed by atoms with van der Waals surface area (Å²) in [5.74, 6) is -1.43. The number of allylic oxidation sites excluding steroid dienone is 1. The molecule has 234 valence electrons. The van der Waals surface area contributed by atoms with Gasteiger partial charge in [-0.3, -0.25) is 9.36 Å². The number of hydrogen-bond donors (Lipinski definition) is 0. The number of alkyl halides is 3. The number of aromatic nitrogens is 1. The number of carbonyl (C=O) groups is 1. The molecular weight excluding hydrogens is 659 g/mol. The van der Waals surface area contributed by atoms with Gasteiger partial charge in [-0.25, -0.2) is 14.2 Å². The number of ether oxygens (including phenoxy) is 3. The van der Waals surface area contributed by atoms with Crippen molar-refractivity contribution in [2.45, 2.75) is 25.7 Å². The smallest absolute Gasteiger partial charge is 0.434 e. The number of methoxy groups -OCH3 is 1. The van der Waals surface area contributed by atoms with Gasteiger partial charge in [0.1, 0.15) is 12.4 Å². The Morgan fingerprint density at radius 3 is 2.47 bits per heavy atom. The van der Waals surface area contributed by atoms with Crippen molar-refractivity contribution in [3.63, 3.8) is 0 Å². The Bertz CT molecular complexity index is 1990. The maximum absolute atomic E-state index is 14.3. The zero-order valence-electron chi connectivity index (χ0n) is 23.5. The lowest BCUT2D eigenvalue weighted by Gasteiger charge is -2.26. The molecule has 45 heavy (non-hydrogen) atoms. The number of fused-ring (bicyclic) bond motifs is 1. The minimum absolute atomic E-state index is 0.00232. The Morgan fingerprint density at radius 2 is 1.82 bits per heavy atom. The number of thiazole rings is 1. The molecule has 0 fully saturated rings. The molecule has 0 saturated heterocycles. The monoisotopic (exact) mass is 680 g/mol. The lowest BCUT2D eigenvalue weighted by molar-refractivity contribution is -0.140. The summed E-state index contributed by atoms with van der Waals surface area (Å²) in [4.78, 5) is 30.3. The first-order chi connectivity index (χ1) is 21.4. The van der Waals surface area contributed by atoms with Gasteiger partial charge in [-0.1, -0.05) is 64.9 Å². The van der Waals surface area contributed by atoms with Crippen LogP contribution in [0.15, 0.2) is 81.7 Å². The summed E-state index contributed by atoms with van der Waals surface area (Å²) in [5.41, 5.74) is -2.17. The standard InChI is InChI=1S/C31H22Cl2F4N2O5S/c1-3-43-29(41)24-25(17-8-10-19(32)11-9-17)39-28(40)23(45-30(39)38-27(24)31(35,36)37)14-16-12-20(33)26(22(13-16)42-2)44-15-18-6-4-5-7-21(18)34/h4-14,25H,3,15H2,1-2H3/b23-14-/t25-/m0/s1. The lowest BCUT2D eigenvalue weighted by atomic mass is 9.95. The van der Waals surface area contributed by atoms with E-state index in [9.17, 15) is 27.2 Å². The van der Waals surface area contributed by atoms with E-state index in [2.05, 4.69) is 4.99 Å². The van der Waals surface area contributed by atoms with Crippen LogP contribution in [0.5, 0.6) is 11.5 Å². The Morgan fingerprint density at radius 1 is 1.11 bits per heavy atom. The zero-order valence-corrected chi connectivity index (χ0v) is 25.8. The highest BCUT2D eigenvalue weighted by atomic mass is 35.5. The van der Waals surface area contributed by atoms with Crippen molar-refractivity contribution in [3.05, 3.63) is 124 Å². The second-order valence-corrected chi connectivity index (χ2v) is 11.4. The highest BCUT2D eigenvalue weighted by Crippen LogP contribution is 2.39. The molecule has 0 radical (unpaired) electrons. The van der Waals surface area contributed by atoms with Gasteiger partial charge in [0.05, 0.1) is 34.9 Å². The molecule has 1 aliphatic rings. The van der Waals surface area contributed by atoms with E-state index in [0.29, 0.717) is 21.9 Å². The molecule has 0 unspecified atom stereocenters. The van der Waals surface area contributed by atoms with Crippen LogP contribution < -0.4 is 24.4 Å². The largest absolute Gasteiger partial charge is 0.493 e. The lowest BCUT2D eigenvalue weighted by Crippen LogP contribution is -2.41. The summed E-state index contributed by atoms with van der Waals surface area (Å²) in [6.07, 6.45) is -3.64. The minimum Gasteiger partial charge on any atom is -0.493 e. The molecule has 1 atom stereocenters. The van der Waals surface area contributed by atoms with E-state index >= 15 is 0 Å². The first-order valence-electron chi connectivity index (χ1n) is 13.2. The fourth-order valence-corrected chi connectivity index (χ4v) is 6.08. The molecule has 5 rings (SSSR count). The topological polar surface area (TPSA) is 79.1 Å². The van der Waals surface area contributed by atoms with Gasteiger partial charge in [-0.15, -0.1) is 0 Å². The third-order valence-corrected chi connectivity index (χ3v) is 8.18. The Hall–Kier alpha value is -4.13. The van der Waals surface area contributed by atoms with Crippen molar-refractivity contribution in [2.75, 3.05) is 13.7 Å². The summed E-state index contributed by atoms with van der Waals surface area (Å²) in [6, 6.07) is 13.2. The highest BCUT2D eigenvalue weighted by molar-refractivity contribution is 7.07. The summed E-state index contributed by atoms with van der Waals surface area (Å²) >= 11 is 13.2. The molecule has 0 saturated carbocycles. The second-order valence-electron chi connectivity index (χ2n) is 9.53. The van der Waals surface area contributed by atoms with E-state index in [1.165, 1.54) is 62.6 Å². The van der Waals surface area contributed by atoms with Crippen LogP contribution in [-0.4, -0.2) is 30.4 Å². The average molecular weight is 681 g/mol. The van der Waals surface area contributed by atoms with Crippen LogP contribution in [0.4, 0.5) is 17.6 Å². The van der Waals surface area contributed by atoms with Gasteiger partial charge in [0.25, 0.3) is 5.56 Å². The Labute approximate surface area is 267 Å². The normalized spacial score (nSPS) is 15.0. The van der Waals surface area contributed by atoms with E-state index < -0.39 is 40.8 Å². The van der Waals surface area contributed by atoms with E-state index in [-0.39, 0.29) is 50.2 Å². The molecule has 4 aromatic rings. The second kappa shape index (κ2) is 13.1. The van der Waals surface area contributed by atoms with Crippen molar-refractivity contribution < 1.29 is 36.6 Å². The van der Waals surface area contributed by atoms with Crippen molar-refractivity contribution in [1.82, 2.24) is 4.57 Å². The number of rotatable bonds is 8. The Kier molecular flexibility index (Phi) is 9.38. The molecule has 1 aliphatic heterocycles. The molecule has 7 nitrogen and oxygen atoms in total. The van der Waals surface area contributed by atoms with Crippen LogP contribution in [0, 0.1) is 5.82 Å². The van der Waals surface area contributed by atoms with Crippen LogP contribution in [-0.2, 0) is 16.1 Å². The molecule has 0 spiro atoms. The van der Waals surface area contributed by atoms with Crippen LogP contribution >= 0.6 is 34.5 Å². The zero-order chi connectivity index (χ0) is 32.5. The van der Waals surface area contributed by atoms with Crippen LogP contribution in [0.3, 0.4) is 0 Å². The third-order valence-electron chi connectivity index (χ3n) is 6.66. The number of hydrogen-bond acceptors (Lipinski definition) is 7. The maximum atomic E-state index is 14.3. The Balaban J connectivity index is 1.64. The van der Waals surface area contributed by atoms with Crippen molar-refractivity contribution in [1.29, 1.82) is 0 Å². The first-order valence-corrected chi connectivity index (χ1v) is 14.8. The molecule has 0 amide bonds. The van der Waals surface area contributed by atoms with Gasteiger partial charge < -0.3 is 14.2 Å². The highest BCUT2D eigenvalue weighted by Gasteiger charge is 2.45. The molecule has 0 aliphatic carbocycles. The fourth-order valence-electron chi connectivity index (χ4n) is 4.68. The molecule has 3 aromatic carbocycles. The summed E-state index contributed by atoms with van der Waals surface area (Å²) in [6.45, 7) is 1.11. The maximum Gasteiger partial charge on any atom is 0.434 e. The fraction of sp³-hybridized carbons (Fsp3) is 0.194. The molecule has 1 aromatic heterocycles. The van der Waals surface area contributed by atoms with Crippen LogP contribution in [0.1, 0.15) is 29.7 Å².